The summed E-state index contributed by atoms with van der Waals surface area (Å²) in [6.07, 6.45) is 8.13. The first kappa shape index (κ1) is 21.2. The number of nitrogens with zero attached hydrogens (tertiary/aromatic N) is 3. The van der Waals surface area contributed by atoms with E-state index in [-0.39, 0.29) is 0 Å². The number of hydrogen-bond donors (Lipinski definition) is 0. The first-order chi connectivity index (χ1) is 15.3. The molecule has 2 saturated heterocycles. The summed E-state index contributed by atoms with van der Waals surface area (Å²) in [5.41, 5.74) is 2.61. The van der Waals surface area contributed by atoms with Crippen LogP contribution in [0.25, 0.3) is 0 Å². The largest absolute Gasteiger partial charge is 0.497 e. The molecular weight excluding hydrogens is 402 g/mol. The fourth-order valence-electron chi connectivity index (χ4n) is 5.42. The lowest BCUT2D eigenvalue weighted by molar-refractivity contribution is 0.0924. The van der Waals surface area contributed by atoms with Crippen LogP contribution >= 0.6 is 11.8 Å². The Morgan fingerprint density at radius 3 is 2.45 bits per heavy atom. The lowest BCUT2D eigenvalue weighted by Crippen LogP contribution is -2.47. The molecule has 3 heterocycles. The summed E-state index contributed by atoms with van der Waals surface area (Å²) in [5, 5.41) is 0. The van der Waals surface area contributed by atoms with E-state index in [1.165, 1.54) is 92.4 Å². The van der Waals surface area contributed by atoms with Gasteiger partial charge in [-0.2, -0.15) is 0 Å². The van der Waals surface area contributed by atoms with Crippen LogP contribution in [-0.4, -0.2) is 62.2 Å². The number of methoxy groups -OCH3 is 1. The second kappa shape index (κ2) is 9.85. The third kappa shape index (κ3) is 4.74. The molecule has 0 radical (unpaired) electrons. The van der Waals surface area contributed by atoms with Gasteiger partial charge < -0.3 is 19.4 Å². The van der Waals surface area contributed by atoms with Crippen molar-refractivity contribution in [2.24, 2.45) is 0 Å². The van der Waals surface area contributed by atoms with E-state index >= 15 is 0 Å². The monoisotopic (exact) mass is 437 g/mol. The van der Waals surface area contributed by atoms with Crippen LogP contribution in [-0.2, 0) is 0 Å². The van der Waals surface area contributed by atoms with Crippen molar-refractivity contribution in [3.05, 3.63) is 42.5 Å². The quantitative estimate of drug-likeness (QED) is 0.581. The van der Waals surface area contributed by atoms with Gasteiger partial charge in [-0.25, -0.2) is 0 Å². The lowest BCUT2D eigenvalue weighted by atomic mass is 10.00. The van der Waals surface area contributed by atoms with E-state index in [1.54, 1.807) is 7.11 Å². The Morgan fingerprint density at radius 1 is 0.871 bits per heavy atom. The molecule has 0 bridgehead atoms. The summed E-state index contributed by atoms with van der Waals surface area (Å²) >= 11 is 1.87. The minimum absolute atomic E-state index is 0.835. The molecular formula is C26H35N3OS. The van der Waals surface area contributed by atoms with Crippen molar-refractivity contribution in [1.82, 2.24) is 9.80 Å². The minimum Gasteiger partial charge on any atom is -0.497 e. The second-order valence-electron chi connectivity index (χ2n) is 9.08. The molecule has 0 aromatic heterocycles. The van der Waals surface area contributed by atoms with Gasteiger partial charge in [0, 0.05) is 28.4 Å². The third-order valence-corrected chi connectivity index (χ3v) is 8.28. The van der Waals surface area contributed by atoms with E-state index in [0.717, 1.165) is 18.3 Å². The molecule has 31 heavy (non-hydrogen) atoms. The van der Waals surface area contributed by atoms with Gasteiger partial charge in [-0.1, -0.05) is 30.3 Å². The van der Waals surface area contributed by atoms with E-state index in [2.05, 4.69) is 57.2 Å². The number of ether oxygens (including phenoxy) is 1. The fourth-order valence-corrected chi connectivity index (χ4v) is 6.50. The van der Waals surface area contributed by atoms with E-state index in [4.69, 9.17) is 4.74 Å². The standard InChI is InChI=1S/C26H35N3OS/c1-30-22-10-11-26-24(20-22)29(23-8-3-4-9-25(23)31-26)17-7-14-27-18-12-21(13-19-27)28-15-5-2-6-16-28/h3-4,8-11,20-21H,2,5-7,12-19H2,1H3. The van der Waals surface area contributed by atoms with Crippen LogP contribution < -0.4 is 9.64 Å². The normalized spacial score (nSPS) is 20.4. The molecule has 0 N–H and O–H groups in total. The summed E-state index contributed by atoms with van der Waals surface area (Å²) in [5.74, 6) is 0.934. The number of para-hydroxylation sites is 1. The topological polar surface area (TPSA) is 19.0 Å². The number of likely N-dealkylation sites (tertiary alicyclic amines) is 2. The van der Waals surface area contributed by atoms with E-state index in [1.807, 2.05) is 11.8 Å². The zero-order valence-electron chi connectivity index (χ0n) is 18.8. The maximum atomic E-state index is 5.53. The van der Waals surface area contributed by atoms with E-state index in [9.17, 15) is 0 Å². The maximum absolute atomic E-state index is 5.53. The molecule has 3 aliphatic rings. The van der Waals surface area contributed by atoms with E-state index in [0.29, 0.717) is 0 Å². The van der Waals surface area contributed by atoms with Gasteiger partial charge in [0.25, 0.3) is 0 Å². The van der Waals surface area contributed by atoms with Gasteiger partial charge in [0.15, 0.2) is 0 Å². The molecule has 4 nitrogen and oxygen atoms in total. The molecule has 0 aliphatic carbocycles. The SMILES string of the molecule is COc1ccc2c(c1)N(CCCN1CCC(N3CCCCC3)CC1)c1ccccc1S2. The van der Waals surface area contributed by atoms with Gasteiger partial charge in [-0.05, 0) is 89.1 Å². The van der Waals surface area contributed by atoms with Crippen molar-refractivity contribution < 1.29 is 4.74 Å². The number of hydrogen-bond acceptors (Lipinski definition) is 5. The molecule has 0 saturated carbocycles. The van der Waals surface area contributed by atoms with Gasteiger partial charge in [0.1, 0.15) is 5.75 Å². The number of anilines is 2. The van der Waals surface area contributed by atoms with Crippen molar-refractivity contribution >= 4 is 23.1 Å². The summed E-state index contributed by atoms with van der Waals surface area (Å²) in [7, 11) is 1.75. The first-order valence-corrected chi connectivity index (χ1v) is 12.8. The second-order valence-corrected chi connectivity index (χ2v) is 10.2. The van der Waals surface area contributed by atoms with Gasteiger partial charge in [0.2, 0.25) is 0 Å². The smallest absolute Gasteiger partial charge is 0.121 e. The predicted molar refractivity (Wildman–Crippen MR) is 130 cm³/mol. The van der Waals surface area contributed by atoms with Crippen LogP contribution in [0.3, 0.4) is 0 Å². The maximum Gasteiger partial charge on any atom is 0.121 e. The van der Waals surface area contributed by atoms with Gasteiger partial charge in [-0.15, -0.1) is 0 Å². The number of piperidine rings is 2. The highest BCUT2D eigenvalue weighted by Crippen LogP contribution is 2.49. The highest BCUT2D eigenvalue weighted by molar-refractivity contribution is 7.99. The third-order valence-electron chi connectivity index (χ3n) is 7.15. The Morgan fingerprint density at radius 2 is 1.65 bits per heavy atom. The van der Waals surface area contributed by atoms with Crippen molar-refractivity contribution in [2.45, 2.75) is 54.4 Å². The Kier molecular flexibility index (Phi) is 6.72. The molecule has 0 unspecified atom stereocenters. The lowest BCUT2D eigenvalue weighted by Gasteiger charge is -2.40. The Hall–Kier alpha value is -1.69. The fraction of sp³-hybridized carbons (Fsp3) is 0.538. The highest BCUT2D eigenvalue weighted by Gasteiger charge is 2.26. The van der Waals surface area contributed by atoms with Crippen LogP contribution in [0.4, 0.5) is 11.4 Å². The van der Waals surface area contributed by atoms with Crippen molar-refractivity contribution in [3.63, 3.8) is 0 Å². The average molecular weight is 438 g/mol. The zero-order chi connectivity index (χ0) is 21.0. The Bertz CT molecular complexity index is 875. The first-order valence-electron chi connectivity index (χ1n) is 12.0. The Balaban J connectivity index is 1.20. The van der Waals surface area contributed by atoms with Crippen LogP contribution in [0.2, 0.25) is 0 Å². The molecule has 5 rings (SSSR count). The molecule has 0 spiro atoms. The molecule has 0 amide bonds. The number of fused-ring (bicyclic) bond motifs is 2. The van der Waals surface area contributed by atoms with Crippen LogP contribution in [0.1, 0.15) is 38.5 Å². The molecule has 3 aliphatic heterocycles. The van der Waals surface area contributed by atoms with Gasteiger partial charge >= 0.3 is 0 Å². The predicted octanol–water partition coefficient (Wildman–Crippen LogP) is 5.64. The van der Waals surface area contributed by atoms with Crippen molar-refractivity contribution in [2.75, 3.05) is 51.3 Å². The Labute approximate surface area is 191 Å². The zero-order valence-corrected chi connectivity index (χ0v) is 19.6. The van der Waals surface area contributed by atoms with Crippen LogP contribution in [0.5, 0.6) is 5.75 Å². The summed E-state index contributed by atoms with van der Waals surface area (Å²) in [6, 6.07) is 16.1. The number of benzene rings is 2. The molecule has 2 aromatic rings. The molecule has 0 atom stereocenters. The van der Waals surface area contributed by atoms with Gasteiger partial charge in [-0.3, -0.25) is 0 Å². The average Bonchev–Trinajstić information content (AvgIpc) is 2.84. The van der Waals surface area contributed by atoms with Crippen molar-refractivity contribution in [3.8, 4) is 5.75 Å². The molecule has 166 valence electrons. The summed E-state index contributed by atoms with van der Waals surface area (Å²) in [6.45, 7) is 7.43. The van der Waals surface area contributed by atoms with E-state index < -0.39 is 0 Å². The van der Waals surface area contributed by atoms with Crippen LogP contribution in [0.15, 0.2) is 52.3 Å². The number of rotatable bonds is 6. The molecule has 5 heteroatoms. The van der Waals surface area contributed by atoms with Crippen molar-refractivity contribution in [1.29, 1.82) is 0 Å². The highest BCUT2D eigenvalue weighted by atomic mass is 32.2. The van der Waals surface area contributed by atoms with Gasteiger partial charge in [0.05, 0.1) is 18.5 Å². The summed E-state index contributed by atoms with van der Waals surface area (Å²) < 4.78 is 5.53. The minimum atomic E-state index is 0.835. The molecule has 2 fully saturated rings. The summed E-state index contributed by atoms with van der Waals surface area (Å²) in [4.78, 5) is 10.6. The molecule has 2 aromatic carbocycles. The van der Waals surface area contributed by atoms with Crippen LogP contribution in [0, 0.1) is 0 Å².